The van der Waals surface area contributed by atoms with Crippen LogP contribution in [0, 0.1) is 0 Å². The summed E-state index contributed by atoms with van der Waals surface area (Å²) in [6, 6.07) is 14.6. The molecule has 0 aliphatic heterocycles. The first-order valence-electron chi connectivity index (χ1n) is 12.1. The maximum atomic E-state index is 12.9. The van der Waals surface area contributed by atoms with Crippen molar-refractivity contribution in [3.05, 3.63) is 84.1 Å². The normalized spacial score (nSPS) is 10.9. The van der Waals surface area contributed by atoms with Gasteiger partial charge in [-0.2, -0.15) is 0 Å². The predicted octanol–water partition coefficient (Wildman–Crippen LogP) is 5.87. The number of anilines is 2. The molecule has 0 aromatic heterocycles. The van der Waals surface area contributed by atoms with Gasteiger partial charge in [0.15, 0.2) is 28.8 Å². The summed E-state index contributed by atoms with van der Waals surface area (Å²) in [5.41, 5.74) is 3.79. The highest BCUT2D eigenvalue weighted by atomic mass is 16.5. The number of carbonyl (C=O) groups excluding carboxylic acids is 1. The van der Waals surface area contributed by atoms with Gasteiger partial charge in [-0.25, -0.2) is 0 Å². The molecule has 0 fully saturated rings. The second-order valence-corrected chi connectivity index (χ2v) is 8.60. The van der Waals surface area contributed by atoms with Crippen LogP contribution in [0.15, 0.2) is 67.4 Å². The molecule has 0 spiro atoms. The number of phenolic OH excluding ortho intramolecular Hbond substituents is 1. The summed E-state index contributed by atoms with van der Waals surface area (Å²) in [6.07, 6.45) is 6.49. The van der Waals surface area contributed by atoms with Gasteiger partial charge in [0.2, 0.25) is 5.75 Å². The molecule has 0 saturated carbocycles. The van der Waals surface area contributed by atoms with Gasteiger partial charge >= 0.3 is 0 Å². The van der Waals surface area contributed by atoms with E-state index in [1.54, 1.807) is 33.5 Å². The summed E-state index contributed by atoms with van der Waals surface area (Å²) in [4.78, 5) is 14.8. The van der Waals surface area contributed by atoms with E-state index in [0.29, 0.717) is 34.1 Å². The molecule has 3 rings (SSSR count). The first-order chi connectivity index (χ1) is 18.7. The second kappa shape index (κ2) is 13.1. The van der Waals surface area contributed by atoms with Gasteiger partial charge in [-0.05, 0) is 35.9 Å². The zero-order valence-electron chi connectivity index (χ0n) is 23.1. The van der Waals surface area contributed by atoms with Crippen molar-refractivity contribution in [3.63, 3.8) is 0 Å². The Bertz CT molecular complexity index is 1380. The van der Waals surface area contributed by atoms with E-state index >= 15 is 0 Å². The van der Waals surface area contributed by atoms with Gasteiger partial charge in [0.25, 0.3) is 0 Å². The third-order valence-corrected chi connectivity index (χ3v) is 6.01. The molecule has 3 aromatic carbocycles. The number of rotatable bonds is 12. The van der Waals surface area contributed by atoms with Gasteiger partial charge in [0, 0.05) is 48.8 Å². The summed E-state index contributed by atoms with van der Waals surface area (Å²) in [5.74, 6) is 1.44. The fraction of sp³-hybridized carbons (Fsp3) is 0.194. The average molecular weight is 531 g/mol. The minimum absolute atomic E-state index is 0.0987. The number of hydrogen-bond donors (Lipinski definition) is 2. The molecule has 0 radical (unpaired) electrons. The molecule has 0 atom stereocenters. The smallest absolute Gasteiger partial charge is 0.203 e. The van der Waals surface area contributed by atoms with Crippen molar-refractivity contribution in [2.24, 2.45) is 0 Å². The molecular formula is C31H34N2O6. The lowest BCUT2D eigenvalue weighted by Gasteiger charge is -2.17. The number of carbonyl (C=O) groups is 1. The van der Waals surface area contributed by atoms with Crippen molar-refractivity contribution in [1.29, 1.82) is 0 Å². The molecular weight excluding hydrogens is 496 g/mol. The van der Waals surface area contributed by atoms with E-state index in [0.717, 1.165) is 16.8 Å². The van der Waals surface area contributed by atoms with E-state index in [4.69, 9.17) is 18.9 Å². The number of benzene rings is 3. The highest BCUT2D eigenvalue weighted by Crippen LogP contribution is 2.40. The third kappa shape index (κ3) is 6.54. The van der Waals surface area contributed by atoms with Gasteiger partial charge in [0.1, 0.15) is 0 Å². The van der Waals surface area contributed by atoms with E-state index in [-0.39, 0.29) is 17.3 Å². The number of ether oxygens (including phenoxy) is 4. The third-order valence-electron chi connectivity index (χ3n) is 6.01. The quantitative estimate of drug-likeness (QED) is 0.171. The number of ketones is 1. The Labute approximate surface area is 229 Å². The molecule has 204 valence electrons. The number of nitrogens with zero attached hydrogens (tertiary/aromatic N) is 1. The molecule has 3 aromatic rings. The number of allylic oxidation sites excluding steroid dienone is 2. The Morgan fingerprint density at radius 2 is 1.54 bits per heavy atom. The van der Waals surface area contributed by atoms with E-state index in [1.165, 1.54) is 19.4 Å². The van der Waals surface area contributed by atoms with Crippen LogP contribution in [0.4, 0.5) is 11.4 Å². The lowest BCUT2D eigenvalue weighted by atomic mass is 10.0. The van der Waals surface area contributed by atoms with Crippen LogP contribution in [0.1, 0.15) is 16.7 Å². The lowest BCUT2D eigenvalue weighted by Crippen LogP contribution is -2.12. The van der Waals surface area contributed by atoms with Crippen molar-refractivity contribution in [3.8, 4) is 28.7 Å². The number of para-hydroxylation sites is 1. The van der Waals surface area contributed by atoms with E-state index in [1.807, 2.05) is 67.5 Å². The van der Waals surface area contributed by atoms with E-state index in [2.05, 4.69) is 11.9 Å². The molecule has 0 heterocycles. The molecule has 0 unspecified atom stereocenters. The van der Waals surface area contributed by atoms with Crippen molar-refractivity contribution >= 4 is 34.9 Å². The standard InChI is InChI=1S/C31H34N2O6/c1-20(23-10-8-9-11-24(23)33(2)3)25(34)16-17-32-29-22(14-15-26(36-4)30(29)35)13-12-21-18-27(37-5)31(39-7)28(19-21)38-6/h8-19,32,35H,1H2,2-7H3/b13-12-,17-16-. The summed E-state index contributed by atoms with van der Waals surface area (Å²) >= 11 is 0. The first kappa shape index (κ1) is 28.7. The molecule has 0 aliphatic rings. The van der Waals surface area contributed by atoms with Gasteiger partial charge < -0.3 is 34.3 Å². The Kier molecular flexibility index (Phi) is 9.64. The highest BCUT2D eigenvalue weighted by molar-refractivity contribution is 6.26. The second-order valence-electron chi connectivity index (χ2n) is 8.60. The summed E-state index contributed by atoms with van der Waals surface area (Å²) in [5, 5.41) is 13.9. The molecule has 0 aliphatic carbocycles. The molecule has 2 N–H and O–H groups in total. The van der Waals surface area contributed by atoms with Gasteiger partial charge in [-0.1, -0.05) is 36.9 Å². The van der Waals surface area contributed by atoms with Gasteiger partial charge in [0.05, 0.1) is 34.1 Å². The van der Waals surface area contributed by atoms with Gasteiger partial charge in [-0.3, -0.25) is 4.79 Å². The number of methoxy groups -OCH3 is 4. The SMILES string of the molecule is C=C(C(=O)/C=C\Nc1c(/C=C\c2cc(OC)c(OC)c(OC)c2)ccc(OC)c1O)c1ccccc1N(C)C. The van der Waals surface area contributed by atoms with Crippen LogP contribution in [0.25, 0.3) is 17.7 Å². The predicted molar refractivity (Wildman–Crippen MR) is 157 cm³/mol. The number of hydrogen-bond acceptors (Lipinski definition) is 8. The van der Waals surface area contributed by atoms with Gasteiger partial charge in [-0.15, -0.1) is 0 Å². The Balaban J connectivity index is 1.90. The van der Waals surface area contributed by atoms with Crippen LogP contribution in [0.5, 0.6) is 28.7 Å². The minimum Gasteiger partial charge on any atom is -0.503 e. The zero-order chi connectivity index (χ0) is 28.5. The summed E-state index contributed by atoms with van der Waals surface area (Å²) < 4.78 is 21.5. The summed E-state index contributed by atoms with van der Waals surface area (Å²) in [7, 11) is 9.93. The van der Waals surface area contributed by atoms with Crippen LogP contribution in [-0.2, 0) is 4.79 Å². The molecule has 8 nitrogen and oxygen atoms in total. The average Bonchev–Trinajstić information content (AvgIpc) is 2.95. The molecule has 39 heavy (non-hydrogen) atoms. The first-order valence-corrected chi connectivity index (χ1v) is 12.1. The van der Waals surface area contributed by atoms with Crippen molar-refractivity contribution < 1.29 is 28.8 Å². The van der Waals surface area contributed by atoms with Crippen molar-refractivity contribution in [2.45, 2.75) is 0 Å². The Morgan fingerprint density at radius 3 is 2.13 bits per heavy atom. The van der Waals surface area contributed by atoms with Crippen LogP contribution < -0.4 is 29.2 Å². The summed E-state index contributed by atoms with van der Waals surface area (Å²) in [6.45, 7) is 3.99. The number of nitrogens with one attached hydrogen (secondary N) is 1. The largest absolute Gasteiger partial charge is 0.503 e. The Morgan fingerprint density at radius 1 is 0.897 bits per heavy atom. The molecule has 8 heteroatoms. The van der Waals surface area contributed by atoms with Crippen molar-refractivity contribution in [1.82, 2.24) is 0 Å². The van der Waals surface area contributed by atoms with Crippen LogP contribution in [0.3, 0.4) is 0 Å². The highest BCUT2D eigenvalue weighted by Gasteiger charge is 2.15. The fourth-order valence-electron chi connectivity index (χ4n) is 3.98. The molecule has 0 amide bonds. The maximum Gasteiger partial charge on any atom is 0.203 e. The number of aromatic hydroxyl groups is 1. The van der Waals surface area contributed by atoms with Crippen LogP contribution in [0.2, 0.25) is 0 Å². The minimum atomic E-state index is -0.270. The zero-order valence-corrected chi connectivity index (χ0v) is 23.1. The Hall–Kier alpha value is -4.85. The van der Waals surface area contributed by atoms with E-state index in [9.17, 15) is 9.90 Å². The monoisotopic (exact) mass is 530 g/mol. The van der Waals surface area contributed by atoms with Crippen molar-refractivity contribution in [2.75, 3.05) is 52.8 Å². The van der Waals surface area contributed by atoms with Crippen LogP contribution >= 0.6 is 0 Å². The lowest BCUT2D eigenvalue weighted by molar-refractivity contribution is -0.109. The molecule has 0 saturated heterocycles. The van der Waals surface area contributed by atoms with Crippen LogP contribution in [-0.4, -0.2) is 53.4 Å². The topological polar surface area (TPSA) is 89.5 Å². The molecule has 0 bridgehead atoms. The fourth-order valence-corrected chi connectivity index (χ4v) is 3.98. The van der Waals surface area contributed by atoms with E-state index < -0.39 is 0 Å². The maximum absolute atomic E-state index is 12.9. The number of phenols is 1.